The van der Waals surface area contributed by atoms with Gasteiger partial charge in [-0.05, 0) is 38.3 Å². The first-order valence-corrected chi connectivity index (χ1v) is 8.60. The van der Waals surface area contributed by atoms with Gasteiger partial charge in [-0.3, -0.25) is 5.32 Å². The molecule has 1 aliphatic rings. The third-order valence-corrected chi connectivity index (χ3v) is 4.84. The molecule has 116 valence electrons. The second kappa shape index (κ2) is 6.48. The van der Waals surface area contributed by atoms with E-state index in [1.807, 2.05) is 5.38 Å². The average Bonchev–Trinajstić information content (AvgIpc) is 3.13. The molecule has 2 N–H and O–H groups in total. The quantitative estimate of drug-likeness (QED) is 0.876. The van der Waals surface area contributed by atoms with Gasteiger partial charge in [0.05, 0.1) is 5.69 Å². The predicted molar refractivity (Wildman–Crippen MR) is 91.4 cm³/mol. The Morgan fingerprint density at radius 1 is 1.27 bits per heavy atom. The monoisotopic (exact) mass is 315 g/mol. The summed E-state index contributed by atoms with van der Waals surface area (Å²) in [5, 5.41) is 8.50. The maximum Gasteiger partial charge on any atom is 0.321 e. The third-order valence-electron chi connectivity index (χ3n) is 4.08. The van der Waals surface area contributed by atoms with Crippen molar-refractivity contribution in [3.63, 3.8) is 0 Å². The van der Waals surface area contributed by atoms with Crippen LogP contribution in [0.3, 0.4) is 0 Å². The molecule has 0 saturated heterocycles. The van der Waals surface area contributed by atoms with Gasteiger partial charge in [-0.25, -0.2) is 9.78 Å². The molecule has 1 saturated carbocycles. The highest BCUT2D eigenvalue weighted by Gasteiger charge is 2.17. The zero-order valence-corrected chi connectivity index (χ0v) is 13.8. The van der Waals surface area contributed by atoms with E-state index in [0.29, 0.717) is 11.2 Å². The van der Waals surface area contributed by atoms with Crippen LogP contribution in [0.15, 0.2) is 23.6 Å². The van der Waals surface area contributed by atoms with Crippen LogP contribution in [0.1, 0.15) is 36.8 Å². The van der Waals surface area contributed by atoms with Crippen LogP contribution in [0.5, 0.6) is 0 Å². The van der Waals surface area contributed by atoms with E-state index < -0.39 is 0 Å². The number of nitrogens with one attached hydrogen (secondary N) is 2. The van der Waals surface area contributed by atoms with Crippen molar-refractivity contribution in [2.75, 3.05) is 5.32 Å². The average molecular weight is 315 g/mol. The smallest absolute Gasteiger partial charge is 0.321 e. The van der Waals surface area contributed by atoms with Crippen LogP contribution in [0.2, 0.25) is 0 Å². The number of urea groups is 1. The number of hydrogen-bond acceptors (Lipinski definition) is 3. The Balaban J connectivity index is 1.68. The highest BCUT2D eigenvalue weighted by atomic mass is 32.1. The molecule has 1 aromatic heterocycles. The molecule has 0 radical (unpaired) electrons. The molecule has 2 amide bonds. The summed E-state index contributed by atoms with van der Waals surface area (Å²) >= 11 is 1.46. The first kappa shape index (κ1) is 15.0. The van der Waals surface area contributed by atoms with Crippen LogP contribution in [-0.4, -0.2) is 17.1 Å². The van der Waals surface area contributed by atoms with Crippen molar-refractivity contribution in [1.82, 2.24) is 10.3 Å². The van der Waals surface area contributed by atoms with Crippen LogP contribution < -0.4 is 10.6 Å². The lowest BCUT2D eigenvalue weighted by Crippen LogP contribution is -2.36. The molecule has 2 aromatic rings. The van der Waals surface area contributed by atoms with Gasteiger partial charge in [0.25, 0.3) is 0 Å². The van der Waals surface area contributed by atoms with Gasteiger partial charge >= 0.3 is 6.03 Å². The number of carbonyl (C=O) groups excluding carboxylic acids is 1. The number of anilines is 1. The van der Waals surface area contributed by atoms with Crippen LogP contribution >= 0.6 is 11.3 Å². The van der Waals surface area contributed by atoms with Crippen molar-refractivity contribution >= 4 is 22.5 Å². The predicted octanol–water partition coefficient (Wildman–Crippen LogP) is 4.49. The van der Waals surface area contributed by atoms with Crippen molar-refractivity contribution in [2.24, 2.45) is 0 Å². The van der Waals surface area contributed by atoms with Gasteiger partial charge in [0.15, 0.2) is 5.13 Å². The normalized spacial score (nSPS) is 15.0. The molecule has 0 spiro atoms. The number of amides is 2. The number of thiazole rings is 1. The second-order valence-corrected chi connectivity index (χ2v) is 6.79. The second-order valence-electron chi connectivity index (χ2n) is 5.94. The zero-order valence-electron chi connectivity index (χ0n) is 13.0. The topological polar surface area (TPSA) is 54.0 Å². The number of hydrogen-bond donors (Lipinski definition) is 2. The summed E-state index contributed by atoms with van der Waals surface area (Å²) in [4.78, 5) is 16.5. The largest absolute Gasteiger partial charge is 0.335 e. The van der Waals surface area contributed by atoms with Gasteiger partial charge in [-0.15, -0.1) is 11.3 Å². The van der Waals surface area contributed by atoms with Crippen molar-refractivity contribution in [2.45, 2.75) is 45.6 Å². The molecule has 0 unspecified atom stereocenters. The van der Waals surface area contributed by atoms with Gasteiger partial charge in [0.2, 0.25) is 0 Å². The summed E-state index contributed by atoms with van der Waals surface area (Å²) < 4.78 is 0. The lowest BCUT2D eigenvalue weighted by atomic mass is 10.0. The molecule has 3 rings (SSSR count). The Morgan fingerprint density at radius 3 is 2.82 bits per heavy atom. The Labute approximate surface area is 135 Å². The van der Waals surface area contributed by atoms with Crippen LogP contribution in [-0.2, 0) is 0 Å². The van der Waals surface area contributed by atoms with Crippen molar-refractivity contribution in [3.05, 3.63) is 34.7 Å². The number of nitrogens with zero attached hydrogens (tertiary/aromatic N) is 1. The van der Waals surface area contributed by atoms with E-state index in [2.05, 4.69) is 47.7 Å². The molecule has 4 nitrogen and oxygen atoms in total. The Bertz CT molecular complexity index is 674. The van der Waals surface area contributed by atoms with Crippen molar-refractivity contribution in [1.29, 1.82) is 0 Å². The van der Waals surface area contributed by atoms with E-state index in [4.69, 9.17) is 0 Å². The van der Waals surface area contributed by atoms with Gasteiger partial charge in [0.1, 0.15) is 0 Å². The van der Waals surface area contributed by atoms with Gasteiger partial charge in [-0.1, -0.05) is 30.5 Å². The zero-order chi connectivity index (χ0) is 15.5. The third kappa shape index (κ3) is 3.47. The minimum absolute atomic E-state index is 0.145. The van der Waals surface area contributed by atoms with Crippen molar-refractivity contribution in [3.8, 4) is 11.3 Å². The summed E-state index contributed by atoms with van der Waals surface area (Å²) in [5.74, 6) is 0. The van der Waals surface area contributed by atoms with Crippen LogP contribution in [0.25, 0.3) is 11.3 Å². The minimum Gasteiger partial charge on any atom is -0.335 e. The van der Waals surface area contributed by atoms with E-state index >= 15 is 0 Å². The molecular formula is C17H21N3OS. The lowest BCUT2D eigenvalue weighted by Gasteiger charge is -2.11. The number of rotatable bonds is 3. The summed E-state index contributed by atoms with van der Waals surface area (Å²) in [7, 11) is 0. The summed E-state index contributed by atoms with van der Waals surface area (Å²) in [6.45, 7) is 4.15. The lowest BCUT2D eigenvalue weighted by molar-refractivity contribution is 0.248. The standard InChI is InChI=1S/C17H21N3OS/c1-11-7-8-12(2)14(9-11)15-10-22-17(19-15)20-16(21)18-13-5-3-4-6-13/h7-10,13H,3-6H2,1-2H3,(H2,18,19,20,21). The fourth-order valence-electron chi connectivity index (χ4n) is 2.86. The molecule has 1 fully saturated rings. The molecule has 0 bridgehead atoms. The molecule has 1 heterocycles. The van der Waals surface area contributed by atoms with E-state index in [-0.39, 0.29) is 6.03 Å². The Morgan fingerprint density at radius 2 is 2.05 bits per heavy atom. The van der Waals surface area contributed by atoms with Gasteiger partial charge < -0.3 is 5.32 Å². The highest BCUT2D eigenvalue weighted by molar-refractivity contribution is 7.14. The molecule has 5 heteroatoms. The molecule has 0 atom stereocenters. The molecular weight excluding hydrogens is 294 g/mol. The number of carbonyl (C=O) groups is 1. The maximum absolute atomic E-state index is 12.0. The summed E-state index contributed by atoms with van der Waals surface area (Å²) in [5.41, 5.74) is 4.45. The first-order valence-electron chi connectivity index (χ1n) is 7.72. The number of aromatic nitrogens is 1. The van der Waals surface area contributed by atoms with Gasteiger partial charge in [-0.2, -0.15) is 0 Å². The molecule has 1 aliphatic carbocycles. The fourth-order valence-corrected chi connectivity index (χ4v) is 3.56. The van der Waals surface area contributed by atoms with Crippen LogP contribution in [0, 0.1) is 13.8 Å². The fraction of sp³-hybridized carbons (Fsp3) is 0.412. The SMILES string of the molecule is Cc1ccc(C)c(-c2csc(NC(=O)NC3CCCC3)n2)c1. The molecule has 22 heavy (non-hydrogen) atoms. The summed E-state index contributed by atoms with van der Waals surface area (Å²) in [6.07, 6.45) is 4.58. The number of aryl methyl sites for hydroxylation is 2. The van der Waals surface area contributed by atoms with E-state index in [0.717, 1.165) is 24.1 Å². The van der Waals surface area contributed by atoms with E-state index in [1.165, 1.54) is 35.3 Å². The highest BCUT2D eigenvalue weighted by Crippen LogP contribution is 2.28. The van der Waals surface area contributed by atoms with Gasteiger partial charge in [0, 0.05) is 17.0 Å². The van der Waals surface area contributed by atoms with Crippen molar-refractivity contribution < 1.29 is 4.79 Å². The van der Waals surface area contributed by atoms with E-state index in [1.54, 1.807) is 0 Å². The number of benzene rings is 1. The summed E-state index contributed by atoms with van der Waals surface area (Å²) in [6, 6.07) is 6.50. The molecule has 1 aromatic carbocycles. The first-order chi connectivity index (χ1) is 10.6. The molecule has 0 aliphatic heterocycles. The maximum atomic E-state index is 12.0. The van der Waals surface area contributed by atoms with Crippen LogP contribution in [0.4, 0.5) is 9.93 Å². The minimum atomic E-state index is -0.145. The van der Waals surface area contributed by atoms with E-state index in [9.17, 15) is 4.79 Å². The Hall–Kier alpha value is -1.88. The Kier molecular flexibility index (Phi) is 4.43.